The molecule has 0 radical (unpaired) electrons. The number of aromatic amines is 1. The second-order valence-corrected chi connectivity index (χ2v) is 8.93. The number of hydrogen-bond acceptors (Lipinski definition) is 5. The van der Waals surface area contributed by atoms with E-state index in [0.29, 0.717) is 30.4 Å². The molecule has 2 aromatic heterocycles. The molecule has 9 heteroatoms. The van der Waals surface area contributed by atoms with E-state index in [1.165, 1.54) is 22.6 Å². The highest BCUT2D eigenvalue weighted by Crippen LogP contribution is 2.24. The van der Waals surface area contributed by atoms with Crippen molar-refractivity contribution >= 4 is 34.1 Å². The van der Waals surface area contributed by atoms with Crippen molar-refractivity contribution in [3.05, 3.63) is 66.5 Å². The van der Waals surface area contributed by atoms with E-state index in [1.807, 2.05) is 12.3 Å². The van der Waals surface area contributed by atoms with Gasteiger partial charge in [0.25, 0.3) is 11.5 Å². The Labute approximate surface area is 188 Å². The minimum Gasteiger partial charge on any atom is -0.340 e. The molecular formula is C23H26N4O4S. The third kappa shape index (κ3) is 4.12. The second-order valence-electron chi connectivity index (χ2n) is 7.93. The summed E-state index contributed by atoms with van der Waals surface area (Å²) >= 11 is 1.71. The predicted molar refractivity (Wildman–Crippen MR) is 124 cm³/mol. The van der Waals surface area contributed by atoms with Gasteiger partial charge >= 0.3 is 5.69 Å². The van der Waals surface area contributed by atoms with Crippen molar-refractivity contribution in [1.29, 1.82) is 0 Å². The Bertz CT molecular complexity index is 1290. The number of amides is 2. The lowest BCUT2D eigenvalue weighted by atomic mass is 10.1. The molecule has 32 heavy (non-hydrogen) atoms. The molecule has 4 rings (SSSR count). The van der Waals surface area contributed by atoms with Crippen LogP contribution in [0.3, 0.4) is 0 Å². The lowest BCUT2D eigenvalue weighted by Crippen LogP contribution is -2.49. The predicted octanol–water partition coefficient (Wildman–Crippen LogP) is 2.25. The molecule has 1 unspecified atom stereocenters. The molecule has 0 saturated heterocycles. The van der Waals surface area contributed by atoms with Crippen LogP contribution >= 0.6 is 11.3 Å². The Morgan fingerprint density at radius 2 is 2.03 bits per heavy atom. The Kier molecular flexibility index (Phi) is 6.27. The molecule has 1 aliphatic heterocycles. The van der Waals surface area contributed by atoms with Gasteiger partial charge in [-0.05, 0) is 55.0 Å². The number of carbonyl (C=O) groups excluding carboxylic acids is 2. The summed E-state index contributed by atoms with van der Waals surface area (Å²) in [7, 11) is 0. The highest BCUT2D eigenvalue weighted by atomic mass is 32.1. The van der Waals surface area contributed by atoms with Gasteiger partial charge in [0, 0.05) is 30.1 Å². The molecule has 1 atom stereocenters. The summed E-state index contributed by atoms with van der Waals surface area (Å²) in [4.78, 5) is 56.5. The van der Waals surface area contributed by atoms with Crippen LogP contribution in [0.25, 0.3) is 10.9 Å². The van der Waals surface area contributed by atoms with Gasteiger partial charge in [0.05, 0.1) is 10.9 Å². The largest absolute Gasteiger partial charge is 0.340 e. The summed E-state index contributed by atoms with van der Waals surface area (Å²) in [6.07, 6.45) is 2.11. The molecule has 0 spiro atoms. The lowest BCUT2D eigenvalue weighted by molar-refractivity contribution is -0.134. The van der Waals surface area contributed by atoms with Crippen molar-refractivity contribution in [3.8, 4) is 0 Å². The fourth-order valence-electron chi connectivity index (χ4n) is 4.13. The van der Waals surface area contributed by atoms with Gasteiger partial charge in [0.2, 0.25) is 5.91 Å². The second kappa shape index (κ2) is 9.12. The topological polar surface area (TPSA) is 104 Å². The maximum Gasteiger partial charge on any atom is 0.328 e. The van der Waals surface area contributed by atoms with E-state index in [2.05, 4.69) is 16.4 Å². The summed E-state index contributed by atoms with van der Waals surface area (Å²) in [5, 5.41) is 5.24. The first-order valence-electron chi connectivity index (χ1n) is 10.8. The third-order valence-electron chi connectivity index (χ3n) is 5.86. The van der Waals surface area contributed by atoms with Gasteiger partial charge in [0.1, 0.15) is 6.04 Å². The van der Waals surface area contributed by atoms with Crippen molar-refractivity contribution in [3.63, 3.8) is 0 Å². The van der Waals surface area contributed by atoms with E-state index in [9.17, 15) is 19.2 Å². The number of benzene rings is 1. The smallest absolute Gasteiger partial charge is 0.328 e. The molecule has 8 nitrogen and oxygen atoms in total. The fraction of sp³-hybridized carbons (Fsp3) is 0.391. The number of aromatic nitrogens is 2. The lowest BCUT2D eigenvalue weighted by Gasteiger charge is -2.31. The van der Waals surface area contributed by atoms with Crippen LogP contribution in [-0.4, -0.2) is 38.9 Å². The molecule has 3 heterocycles. The number of rotatable bonds is 6. The minimum absolute atomic E-state index is 0.0860. The number of thiophene rings is 1. The SMILES string of the molecule is CCCC(NC(=O)c1ccc2c(=O)n(CC)c(=O)[nH]c2c1)C(=O)N1CCc2sccc2C1. The van der Waals surface area contributed by atoms with Crippen LogP contribution in [0.4, 0.5) is 0 Å². The monoisotopic (exact) mass is 454 g/mol. The van der Waals surface area contributed by atoms with Crippen molar-refractivity contribution in [1.82, 2.24) is 19.8 Å². The average Bonchev–Trinajstić information content (AvgIpc) is 3.26. The maximum atomic E-state index is 13.2. The van der Waals surface area contributed by atoms with Gasteiger partial charge < -0.3 is 15.2 Å². The van der Waals surface area contributed by atoms with Crippen molar-refractivity contribution in [2.75, 3.05) is 6.54 Å². The summed E-state index contributed by atoms with van der Waals surface area (Å²) in [6.45, 7) is 5.16. The van der Waals surface area contributed by atoms with Gasteiger partial charge in [-0.3, -0.25) is 19.0 Å². The molecule has 1 aliphatic rings. The molecule has 1 aromatic carbocycles. The highest BCUT2D eigenvalue weighted by Gasteiger charge is 2.28. The van der Waals surface area contributed by atoms with E-state index in [1.54, 1.807) is 29.2 Å². The Hall–Kier alpha value is -3.20. The van der Waals surface area contributed by atoms with Crippen LogP contribution < -0.4 is 16.6 Å². The van der Waals surface area contributed by atoms with Crippen LogP contribution in [-0.2, 0) is 24.3 Å². The zero-order chi connectivity index (χ0) is 22.8. The number of fused-ring (bicyclic) bond motifs is 2. The van der Waals surface area contributed by atoms with Gasteiger partial charge in [0.15, 0.2) is 0 Å². The van der Waals surface area contributed by atoms with Crippen LogP contribution in [0.1, 0.15) is 47.5 Å². The normalized spacial score (nSPS) is 14.2. The Balaban J connectivity index is 1.55. The molecule has 168 valence electrons. The van der Waals surface area contributed by atoms with Crippen molar-refractivity contribution in [2.45, 2.75) is 52.2 Å². The zero-order valence-electron chi connectivity index (χ0n) is 18.1. The third-order valence-corrected chi connectivity index (χ3v) is 6.88. The number of carbonyl (C=O) groups is 2. The van der Waals surface area contributed by atoms with Gasteiger partial charge in [-0.1, -0.05) is 13.3 Å². The van der Waals surface area contributed by atoms with Crippen LogP contribution in [0.2, 0.25) is 0 Å². The van der Waals surface area contributed by atoms with Gasteiger partial charge in [-0.2, -0.15) is 0 Å². The first kappa shape index (κ1) is 22.0. The van der Waals surface area contributed by atoms with E-state index in [4.69, 9.17) is 0 Å². The summed E-state index contributed by atoms with van der Waals surface area (Å²) < 4.78 is 1.11. The minimum atomic E-state index is -0.629. The van der Waals surface area contributed by atoms with Crippen LogP contribution in [0.15, 0.2) is 39.2 Å². The maximum absolute atomic E-state index is 13.2. The Morgan fingerprint density at radius 1 is 1.22 bits per heavy atom. The van der Waals surface area contributed by atoms with Crippen molar-refractivity contribution in [2.24, 2.45) is 0 Å². The zero-order valence-corrected chi connectivity index (χ0v) is 19.0. The quantitative estimate of drug-likeness (QED) is 0.596. The number of nitrogens with one attached hydrogen (secondary N) is 2. The molecule has 0 saturated carbocycles. The molecular weight excluding hydrogens is 428 g/mol. The standard InChI is InChI=1S/C23H26N4O4S/c1-3-5-17(22(30)26-10-8-19-15(13-26)9-11-32-19)24-20(28)14-6-7-16-18(12-14)25-23(31)27(4-2)21(16)29/h6-7,9,11-12,17H,3-5,8,10,13H2,1-2H3,(H,24,28)(H,25,31). The first-order chi connectivity index (χ1) is 15.4. The Morgan fingerprint density at radius 3 is 2.78 bits per heavy atom. The summed E-state index contributed by atoms with van der Waals surface area (Å²) in [5.41, 5.74) is 0.855. The summed E-state index contributed by atoms with van der Waals surface area (Å²) in [5.74, 6) is -0.496. The van der Waals surface area contributed by atoms with Gasteiger partial charge in [-0.15, -0.1) is 11.3 Å². The summed E-state index contributed by atoms with van der Waals surface area (Å²) in [6, 6.07) is 5.99. The molecule has 0 fully saturated rings. The molecule has 2 N–H and O–H groups in total. The van der Waals surface area contributed by atoms with E-state index >= 15 is 0 Å². The van der Waals surface area contributed by atoms with Crippen LogP contribution in [0, 0.1) is 0 Å². The number of hydrogen-bond donors (Lipinski definition) is 2. The van der Waals surface area contributed by atoms with E-state index in [-0.39, 0.29) is 18.0 Å². The molecule has 3 aromatic rings. The van der Waals surface area contributed by atoms with E-state index < -0.39 is 23.2 Å². The number of nitrogens with zero attached hydrogens (tertiary/aromatic N) is 2. The van der Waals surface area contributed by atoms with E-state index in [0.717, 1.165) is 17.4 Å². The number of H-pyrrole nitrogens is 1. The molecule has 0 aliphatic carbocycles. The average molecular weight is 455 g/mol. The van der Waals surface area contributed by atoms with Crippen LogP contribution in [0.5, 0.6) is 0 Å². The molecule has 2 amide bonds. The molecule has 0 bridgehead atoms. The van der Waals surface area contributed by atoms with Crippen molar-refractivity contribution < 1.29 is 9.59 Å². The first-order valence-corrected chi connectivity index (χ1v) is 11.7. The highest BCUT2D eigenvalue weighted by molar-refractivity contribution is 7.10. The fourth-order valence-corrected chi connectivity index (χ4v) is 5.02. The van der Waals surface area contributed by atoms with Gasteiger partial charge in [-0.25, -0.2) is 4.79 Å².